The van der Waals surface area contributed by atoms with Gasteiger partial charge in [0.25, 0.3) is 0 Å². The normalized spacial score (nSPS) is 18.4. The third kappa shape index (κ3) is 3.84. The number of carbonyl (C=O) groups excluding carboxylic acids is 1. The fraction of sp³-hybridized carbons (Fsp3) is 0.632. The van der Waals surface area contributed by atoms with Crippen LogP contribution in [0.1, 0.15) is 58.7 Å². The first-order valence-electron chi connectivity index (χ1n) is 9.27. The van der Waals surface area contributed by atoms with Crippen molar-refractivity contribution >= 4 is 11.6 Å². The Morgan fingerprint density at radius 2 is 2.04 bits per heavy atom. The lowest BCUT2D eigenvalue weighted by atomic mass is 9.94. The summed E-state index contributed by atoms with van der Waals surface area (Å²) in [5.41, 5.74) is 0.749. The zero-order valence-corrected chi connectivity index (χ0v) is 15.7. The van der Waals surface area contributed by atoms with E-state index in [1.807, 2.05) is 31.3 Å². The van der Waals surface area contributed by atoms with Crippen LogP contribution in [0.4, 0.5) is 0 Å². The highest BCUT2D eigenvalue weighted by molar-refractivity contribution is 5.82. The van der Waals surface area contributed by atoms with Gasteiger partial charge in [-0.1, -0.05) is 13.0 Å². The third-order valence-electron chi connectivity index (χ3n) is 5.51. The minimum Gasteiger partial charge on any atom is -0.350 e. The van der Waals surface area contributed by atoms with E-state index in [9.17, 15) is 4.79 Å². The van der Waals surface area contributed by atoms with Gasteiger partial charge in [-0.2, -0.15) is 0 Å². The highest BCUT2D eigenvalue weighted by atomic mass is 16.2. The number of likely N-dealkylation sites (tertiary alicyclic amines) is 1. The van der Waals surface area contributed by atoms with Gasteiger partial charge in [0.05, 0.1) is 6.04 Å². The maximum atomic E-state index is 12.5. The summed E-state index contributed by atoms with van der Waals surface area (Å²) in [6.45, 7) is 10.1. The molecule has 0 aliphatic carbocycles. The van der Waals surface area contributed by atoms with Gasteiger partial charge in [0.15, 0.2) is 5.65 Å². The molecule has 0 radical (unpaired) electrons. The first-order valence-corrected chi connectivity index (χ1v) is 9.27. The van der Waals surface area contributed by atoms with Crippen LogP contribution in [0.25, 0.3) is 5.65 Å². The third-order valence-corrected chi connectivity index (χ3v) is 5.51. The highest BCUT2D eigenvalue weighted by Gasteiger charge is 2.30. The number of amides is 1. The molecule has 1 atom stereocenters. The Bertz CT molecular complexity index is 730. The Morgan fingerprint density at radius 1 is 1.32 bits per heavy atom. The van der Waals surface area contributed by atoms with E-state index in [4.69, 9.17) is 0 Å². The van der Waals surface area contributed by atoms with Crippen molar-refractivity contribution in [2.75, 3.05) is 13.1 Å². The molecule has 1 aliphatic heterocycles. The lowest BCUT2D eigenvalue weighted by molar-refractivity contribution is -0.128. The van der Waals surface area contributed by atoms with E-state index in [-0.39, 0.29) is 17.5 Å². The summed E-state index contributed by atoms with van der Waals surface area (Å²) in [6, 6.07) is 5.88. The van der Waals surface area contributed by atoms with E-state index < -0.39 is 0 Å². The summed E-state index contributed by atoms with van der Waals surface area (Å²) >= 11 is 0. The zero-order chi connectivity index (χ0) is 18.0. The number of pyridine rings is 1. The van der Waals surface area contributed by atoms with Crippen LogP contribution in [0.15, 0.2) is 24.4 Å². The largest absolute Gasteiger partial charge is 0.350 e. The van der Waals surface area contributed by atoms with Crippen LogP contribution < -0.4 is 5.32 Å². The van der Waals surface area contributed by atoms with Crippen LogP contribution in [0.2, 0.25) is 0 Å². The zero-order valence-electron chi connectivity index (χ0n) is 15.7. The average molecular weight is 343 g/mol. The standard InChI is InChI=1S/C19H29N5O/c1-5-19(3,4)20-18(25)14(2)23-12-9-15(10-13-23)17-22-21-16-8-6-7-11-24(16)17/h6-8,11,14-15H,5,9-10,12-13H2,1-4H3,(H,20,25). The fourth-order valence-electron chi connectivity index (χ4n) is 3.38. The van der Waals surface area contributed by atoms with Crippen molar-refractivity contribution in [1.82, 2.24) is 24.8 Å². The molecule has 6 nitrogen and oxygen atoms in total. The van der Waals surface area contributed by atoms with Gasteiger partial charge in [0.2, 0.25) is 5.91 Å². The number of carbonyl (C=O) groups is 1. The average Bonchev–Trinajstić information content (AvgIpc) is 3.05. The SMILES string of the molecule is CCC(C)(C)NC(=O)C(C)N1CCC(c2nnc3ccccn23)CC1. The van der Waals surface area contributed by atoms with E-state index >= 15 is 0 Å². The number of hydrogen-bond acceptors (Lipinski definition) is 4. The lowest BCUT2D eigenvalue weighted by Crippen LogP contribution is -2.53. The Kier molecular flexibility index (Phi) is 5.08. The predicted octanol–water partition coefficient (Wildman–Crippen LogP) is 2.60. The molecule has 1 amide bonds. The van der Waals surface area contributed by atoms with Crippen molar-refractivity contribution in [3.63, 3.8) is 0 Å². The molecule has 3 rings (SSSR count). The van der Waals surface area contributed by atoms with Gasteiger partial charge in [-0.15, -0.1) is 10.2 Å². The number of aromatic nitrogens is 3. The lowest BCUT2D eigenvalue weighted by Gasteiger charge is -2.36. The minimum atomic E-state index is -0.149. The number of hydrogen-bond donors (Lipinski definition) is 1. The van der Waals surface area contributed by atoms with Crippen molar-refractivity contribution in [1.29, 1.82) is 0 Å². The summed E-state index contributed by atoms with van der Waals surface area (Å²) < 4.78 is 2.08. The smallest absolute Gasteiger partial charge is 0.237 e. The van der Waals surface area contributed by atoms with Gasteiger partial charge in [-0.25, -0.2) is 0 Å². The van der Waals surface area contributed by atoms with Crippen LogP contribution in [0.3, 0.4) is 0 Å². The van der Waals surface area contributed by atoms with Crippen molar-refractivity contribution in [3.8, 4) is 0 Å². The summed E-state index contributed by atoms with van der Waals surface area (Å²) in [5, 5.41) is 11.8. The van der Waals surface area contributed by atoms with Gasteiger partial charge in [0, 0.05) is 17.7 Å². The molecule has 0 aromatic carbocycles. The second-order valence-electron chi connectivity index (χ2n) is 7.70. The van der Waals surface area contributed by atoms with E-state index in [1.54, 1.807) is 0 Å². The summed E-state index contributed by atoms with van der Waals surface area (Å²) in [4.78, 5) is 14.8. The number of nitrogens with zero attached hydrogens (tertiary/aromatic N) is 4. The molecule has 2 aromatic heterocycles. The molecule has 3 heterocycles. The van der Waals surface area contributed by atoms with Crippen LogP contribution in [0, 0.1) is 0 Å². The van der Waals surface area contributed by atoms with E-state index in [0.29, 0.717) is 5.92 Å². The number of nitrogens with one attached hydrogen (secondary N) is 1. The maximum Gasteiger partial charge on any atom is 0.237 e. The Labute approximate surface area is 149 Å². The second kappa shape index (κ2) is 7.12. The molecular weight excluding hydrogens is 314 g/mol. The van der Waals surface area contributed by atoms with Gasteiger partial charge >= 0.3 is 0 Å². The fourth-order valence-corrected chi connectivity index (χ4v) is 3.38. The molecule has 1 aliphatic rings. The van der Waals surface area contributed by atoms with Crippen LogP contribution in [-0.4, -0.2) is 50.1 Å². The minimum absolute atomic E-state index is 0.0954. The maximum absolute atomic E-state index is 12.5. The highest BCUT2D eigenvalue weighted by Crippen LogP contribution is 2.28. The molecule has 25 heavy (non-hydrogen) atoms. The molecule has 0 saturated carbocycles. The first-order chi connectivity index (χ1) is 11.9. The molecule has 0 spiro atoms. The van der Waals surface area contributed by atoms with E-state index in [0.717, 1.165) is 43.8 Å². The molecule has 2 aromatic rings. The van der Waals surface area contributed by atoms with Crippen LogP contribution >= 0.6 is 0 Å². The molecule has 1 saturated heterocycles. The summed E-state index contributed by atoms with van der Waals surface area (Å²) in [5.74, 6) is 1.56. The quantitative estimate of drug-likeness (QED) is 0.906. The van der Waals surface area contributed by atoms with E-state index in [1.165, 1.54) is 0 Å². The summed E-state index contributed by atoms with van der Waals surface area (Å²) in [6.07, 6.45) is 4.96. The van der Waals surface area contributed by atoms with Crippen molar-refractivity contribution in [3.05, 3.63) is 30.2 Å². The van der Waals surface area contributed by atoms with Crippen molar-refractivity contribution in [2.24, 2.45) is 0 Å². The van der Waals surface area contributed by atoms with Crippen LogP contribution in [-0.2, 0) is 4.79 Å². The van der Waals surface area contributed by atoms with Gasteiger partial charge in [-0.3, -0.25) is 14.1 Å². The molecular formula is C19H29N5O. The number of rotatable bonds is 5. The molecule has 1 N–H and O–H groups in total. The number of piperidine rings is 1. The second-order valence-corrected chi connectivity index (χ2v) is 7.70. The molecule has 1 unspecified atom stereocenters. The summed E-state index contributed by atoms with van der Waals surface area (Å²) in [7, 11) is 0. The van der Waals surface area contributed by atoms with Gasteiger partial charge in [0.1, 0.15) is 5.82 Å². The Balaban J connectivity index is 1.61. The molecule has 0 bridgehead atoms. The molecule has 6 heteroatoms. The van der Waals surface area contributed by atoms with Crippen molar-refractivity contribution < 1.29 is 4.79 Å². The molecule has 136 valence electrons. The monoisotopic (exact) mass is 343 g/mol. The topological polar surface area (TPSA) is 62.5 Å². The van der Waals surface area contributed by atoms with Gasteiger partial charge < -0.3 is 5.32 Å². The number of fused-ring (bicyclic) bond motifs is 1. The molecule has 1 fully saturated rings. The van der Waals surface area contributed by atoms with Gasteiger partial charge in [-0.05, 0) is 65.3 Å². The van der Waals surface area contributed by atoms with Crippen LogP contribution in [0.5, 0.6) is 0 Å². The Morgan fingerprint density at radius 3 is 2.72 bits per heavy atom. The first kappa shape index (κ1) is 17.9. The predicted molar refractivity (Wildman–Crippen MR) is 98.5 cm³/mol. The van der Waals surface area contributed by atoms with E-state index in [2.05, 4.69) is 45.6 Å². The van der Waals surface area contributed by atoms with Crippen molar-refractivity contribution in [2.45, 2.75) is 64.5 Å². The Hall–Kier alpha value is -1.95.